The summed E-state index contributed by atoms with van der Waals surface area (Å²) in [5.74, 6) is -1.94. The third-order valence-electron chi connectivity index (χ3n) is 3.92. The van der Waals surface area contributed by atoms with Gasteiger partial charge in [0.05, 0.1) is 0 Å². The SMILES string of the molecule is Cn1c(C(=O)O)ccc1C(=O)N(CC1CCC1)CC(F)(F)F. The van der Waals surface area contributed by atoms with Crippen molar-refractivity contribution in [1.82, 2.24) is 9.47 Å². The van der Waals surface area contributed by atoms with Gasteiger partial charge in [0.1, 0.15) is 17.9 Å². The third-order valence-corrected chi connectivity index (χ3v) is 3.92. The van der Waals surface area contributed by atoms with Gasteiger partial charge in [-0.05, 0) is 30.9 Å². The van der Waals surface area contributed by atoms with E-state index in [1.807, 2.05) is 0 Å². The molecule has 5 nitrogen and oxygen atoms in total. The number of carboxylic acids is 1. The Labute approximate surface area is 125 Å². The highest BCUT2D eigenvalue weighted by Gasteiger charge is 2.36. The number of halogens is 3. The van der Waals surface area contributed by atoms with Gasteiger partial charge in [-0.15, -0.1) is 0 Å². The molecular formula is C14H17F3N2O3. The molecule has 1 aliphatic carbocycles. The van der Waals surface area contributed by atoms with Crippen LogP contribution in [0.1, 0.15) is 40.2 Å². The lowest BCUT2D eigenvalue weighted by atomic mass is 9.85. The molecule has 0 unspecified atom stereocenters. The second kappa shape index (κ2) is 6.02. The Morgan fingerprint density at radius 2 is 1.91 bits per heavy atom. The Morgan fingerprint density at radius 3 is 2.32 bits per heavy atom. The molecule has 1 aliphatic rings. The number of carbonyl (C=O) groups excluding carboxylic acids is 1. The van der Waals surface area contributed by atoms with Crippen LogP contribution in [0.2, 0.25) is 0 Å². The smallest absolute Gasteiger partial charge is 0.406 e. The molecule has 1 saturated carbocycles. The van der Waals surface area contributed by atoms with Gasteiger partial charge >= 0.3 is 12.1 Å². The molecule has 1 heterocycles. The molecule has 122 valence electrons. The summed E-state index contributed by atoms with van der Waals surface area (Å²) in [7, 11) is 1.35. The van der Waals surface area contributed by atoms with E-state index in [2.05, 4.69) is 0 Å². The van der Waals surface area contributed by atoms with Gasteiger partial charge in [0.2, 0.25) is 0 Å². The van der Waals surface area contributed by atoms with Crippen LogP contribution >= 0.6 is 0 Å². The second-order valence-electron chi connectivity index (χ2n) is 5.57. The van der Waals surface area contributed by atoms with Gasteiger partial charge < -0.3 is 14.6 Å². The van der Waals surface area contributed by atoms with Crippen LogP contribution in [0.3, 0.4) is 0 Å². The maximum Gasteiger partial charge on any atom is 0.406 e. The van der Waals surface area contributed by atoms with E-state index < -0.39 is 24.6 Å². The van der Waals surface area contributed by atoms with Crippen LogP contribution in [0, 0.1) is 5.92 Å². The van der Waals surface area contributed by atoms with E-state index in [1.54, 1.807) is 0 Å². The van der Waals surface area contributed by atoms with Gasteiger partial charge in [0, 0.05) is 13.6 Å². The fourth-order valence-corrected chi connectivity index (χ4v) is 2.53. The zero-order valence-electron chi connectivity index (χ0n) is 12.1. The molecule has 1 aromatic heterocycles. The maximum absolute atomic E-state index is 12.7. The number of carbonyl (C=O) groups is 2. The lowest BCUT2D eigenvalue weighted by Crippen LogP contribution is -2.43. The maximum atomic E-state index is 12.7. The highest BCUT2D eigenvalue weighted by Crippen LogP contribution is 2.29. The van der Waals surface area contributed by atoms with Crippen LogP contribution in [-0.4, -0.2) is 45.7 Å². The zero-order chi connectivity index (χ0) is 16.5. The molecule has 1 amide bonds. The average Bonchev–Trinajstić information content (AvgIpc) is 2.71. The molecule has 0 aliphatic heterocycles. The largest absolute Gasteiger partial charge is 0.477 e. The van der Waals surface area contributed by atoms with Gasteiger partial charge in [0.15, 0.2) is 0 Å². The zero-order valence-corrected chi connectivity index (χ0v) is 12.1. The Hall–Kier alpha value is -1.99. The van der Waals surface area contributed by atoms with Crippen molar-refractivity contribution in [3.63, 3.8) is 0 Å². The average molecular weight is 318 g/mol. The number of amides is 1. The number of alkyl halides is 3. The minimum atomic E-state index is -4.49. The van der Waals surface area contributed by atoms with E-state index in [4.69, 9.17) is 5.11 Å². The van der Waals surface area contributed by atoms with Gasteiger partial charge in [0.25, 0.3) is 5.91 Å². The van der Waals surface area contributed by atoms with Gasteiger partial charge in [-0.3, -0.25) is 4.79 Å². The van der Waals surface area contributed by atoms with Crippen molar-refractivity contribution in [3.8, 4) is 0 Å². The summed E-state index contributed by atoms with van der Waals surface area (Å²) in [6.07, 6.45) is -1.89. The summed E-state index contributed by atoms with van der Waals surface area (Å²) in [6.45, 7) is -1.28. The molecule has 22 heavy (non-hydrogen) atoms. The van der Waals surface area contributed by atoms with E-state index in [-0.39, 0.29) is 23.9 Å². The van der Waals surface area contributed by atoms with Crippen LogP contribution in [-0.2, 0) is 7.05 Å². The number of carboxylic acid groups (broad SMARTS) is 1. The standard InChI is InChI=1S/C14H17F3N2O3/c1-18-10(5-6-11(18)13(21)22)12(20)19(8-14(15,16)17)7-9-3-2-4-9/h5-6,9H,2-4,7-8H2,1H3,(H,21,22). The first-order chi connectivity index (χ1) is 10.2. The topological polar surface area (TPSA) is 62.5 Å². The molecule has 1 aromatic rings. The second-order valence-corrected chi connectivity index (χ2v) is 5.57. The van der Waals surface area contributed by atoms with Crippen molar-refractivity contribution in [2.45, 2.75) is 25.4 Å². The lowest BCUT2D eigenvalue weighted by molar-refractivity contribution is -0.142. The minimum absolute atomic E-state index is 0.0475. The van der Waals surface area contributed by atoms with Crippen LogP contribution < -0.4 is 0 Å². The van der Waals surface area contributed by atoms with Crippen molar-refractivity contribution in [2.24, 2.45) is 13.0 Å². The molecule has 0 radical (unpaired) electrons. The Bertz CT molecular complexity index is 576. The quantitative estimate of drug-likeness (QED) is 0.907. The van der Waals surface area contributed by atoms with E-state index in [1.165, 1.54) is 19.2 Å². The first-order valence-electron chi connectivity index (χ1n) is 6.94. The highest BCUT2D eigenvalue weighted by atomic mass is 19.4. The van der Waals surface area contributed by atoms with Crippen molar-refractivity contribution in [1.29, 1.82) is 0 Å². The fraction of sp³-hybridized carbons (Fsp3) is 0.571. The predicted molar refractivity (Wildman–Crippen MR) is 71.7 cm³/mol. The number of hydrogen-bond acceptors (Lipinski definition) is 2. The molecule has 1 fully saturated rings. The molecule has 0 bridgehead atoms. The van der Waals surface area contributed by atoms with E-state index in [0.29, 0.717) is 0 Å². The summed E-state index contributed by atoms with van der Waals surface area (Å²) in [5, 5.41) is 8.95. The number of hydrogen-bond donors (Lipinski definition) is 1. The number of nitrogens with zero attached hydrogens (tertiary/aromatic N) is 2. The molecule has 0 atom stereocenters. The van der Waals surface area contributed by atoms with Crippen molar-refractivity contribution in [3.05, 3.63) is 23.5 Å². The summed E-state index contributed by atoms with van der Waals surface area (Å²) in [6, 6.07) is 2.46. The fourth-order valence-electron chi connectivity index (χ4n) is 2.53. The molecular weight excluding hydrogens is 301 g/mol. The molecule has 8 heteroatoms. The summed E-state index contributed by atoms with van der Waals surface area (Å²) in [5.41, 5.74) is -0.195. The predicted octanol–water partition coefficient (Wildman–Crippen LogP) is 2.53. The van der Waals surface area contributed by atoms with Crippen molar-refractivity contribution < 1.29 is 27.9 Å². The van der Waals surface area contributed by atoms with E-state index >= 15 is 0 Å². The summed E-state index contributed by atoms with van der Waals surface area (Å²) in [4.78, 5) is 24.1. The molecule has 0 spiro atoms. The van der Waals surface area contributed by atoms with Crippen molar-refractivity contribution >= 4 is 11.9 Å². The molecule has 2 rings (SSSR count). The first kappa shape index (κ1) is 16.4. The Balaban J connectivity index is 2.21. The first-order valence-corrected chi connectivity index (χ1v) is 6.94. The van der Waals surface area contributed by atoms with Gasteiger partial charge in [-0.25, -0.2) is 4.79 Å². The number of aromatic nitrogens is 1. The minimum Gasteiger partial charge on any atom is -0.477 e. The van der Waals surface area contributed by atoms with Crippen LogP contribution in [0.15, 0.2) is 12.1 Å². The third kappa shape index (κ3) is 3.61. The van der Waals surface area contributed by atoms with E-state index in [9.17, 15) is 22.8 Å². The van der Waals surface area contributed by atoms with Crippen LogP contribution in [0.4, 0.5) is 13.2 Å². The molecule has 1 N–H and O–H groups in total. The number of rotatable bonds is 5. The van der Waals surface area contributed by atoms with Crippen LogP contribution in [0.25, 0.3) is 0 Å². The Morgan fingerprint density at radius 1 is 1.32 bits per heavy atom. The summed E-state index contributed by atoms with van der Waals surface area (Å²) < 4.78 is 39.2. The molecule has 0 aromatic carbocycles. The van der Waals surface area contributed by atoms with Gasteiger partial charge in [-0.1, -0.05) is 6.42 Å². The van der Waals surface area contributed by atoms with E-state index in [0.717, 1.165) is 28.7 Å². The Kier molecular flexibility index (Phi) is 4.48. The lowest BCUT2D eigenvalue weighted by Gasteiger charge is -2.33. The van der Waals surface area contributed by atoms with Crippen molar-refractivity contribution in [2.75, 3.05) is 13.1 Å². The van der Waals surface area contributed by atoms with Gasteiger partial charge in [-0.2, -0.15) is 13.2 Å². The number of aromatic carboxylic acids is 1. The highest BCUT2D eigenvalue weighted by molar-refractivity contribution is 5.95. The van der Waals surface area contributed by atoms with Crippen LogP contribution in [0.5, 0.6) is 0 Å². The molecule has 0 saturated heterocycles. The monoisotopic (exact) mass is 318 g/mol. The summed E-state index contributed by atoms with van der Waals surface area (Å²) >= 11 is 0. The normalized spacial score (nSPS) is 15.5.